The van der Waals surface area contributed by atoms with E-state index >= 15 is 0 Å². The van der Waals surface area contributed by atoms with Gasteiger partial charge in [-0.15, -0.1) is 0 Å². The van der Waals surface area contributed by atoms with Crippen LogP contribution in [0.25, 0.3) is 0 Å². The van der Waals surface area contributed by atoms with Gasteiger partial charge in [-0.25, -0.2) is 18.2 Å². The molecule has 1 N–H and O–H groups in total. The first-order valence-electron chi connectivity index (χ1n) is 11.9. The second-order valence-corrected chi connectivity index (χ2v) is 10.5. The fourth-order valence-corrected chi connectivity index (χ4v) is 4.88. The fourth-order valence-electron chi connectivity index (χ4n) is 3.38. The van der Waals surface area contributed by atoms with Crippen LogP contribution in [-0.4, -0.2) is 44.6 Å². The minimum absolute atomic E-state index is 0.0802. The fraction of sp³-hybridized carbons (Fsp3) is 0.259. The molecule has 0 aromatic heterocycles. The molecule has 0 bridgehead atoms. The van der Waals surface area contributed by atoms with E-state index in [0.29, 0.717) is 35.3 Å². The predicted octanol–water partition coefficient (Wildman–Crippen LogP) is 5.01. The SMILES string of the molecule is CCCOc1ccc(C=NNC(=O)CN(Cc2ccccc2F)S(=O)(=O)c2ccc(Cl)cc2)cc1OCC. The molecule has 0 spiro atoms. The standard InChI is InChI=1S/C27H29ClFN3O5S/c1-3-15-37-25-14-9-20(16-26(25)36-4-2)17-30-31-27(33)19-32(18-21-7-5-6-8-24(21)29)38(34,35)23-12-10-22(28)11-13-23/h5-14,16-17H,3-4,15,18-19H2,1-2H3,(H,31,33). The zero-order valence-corrected chi connectivity index (χ0v) is 22.6. The lowest BCUT2D eigenvalue weighted by atomic mass is 10.2. The maximum Gasteiger partial charge on any atom is 0.255 e. The maximum atomic E-state index is 14.3. The first kappa shape index (κ1) is 29.1. The summed E-state index contributed by atoms with van der Waals surface area (Å²) in [6, 6.07) is 16.5. The third kappa shape index (κ3) is 8.01. The smallest absolute Gasteiger partial charge is 0.255 e. The number of halogens is 2. The number of nitrogens with one attached hydrogen (secondary N) is 1. The van der Waals surface area contributed by atoms with Crippen LogP contribution < -0.4 is 14.9 Å². The van der Waals surface area contributed by atoms with Crippen LogP contribution in [-0.2, 0) is 21.4 Å². The first-order valence-corrected chi connectivity index (χ1v) is 13.8. The molecular formula is C27H29ClFN3O5S. The second-order valence-electron chi connectivity index (χ2n) is 8.10. The van der Waals surface area contributed by atoms with E-state index in [9.17, 15) is 17.6 Å². The normalized spacial score (nSPS) is 11.6. The highest BCUT2D eigenvalue weighted by Crippen LogP contribution is 2.28. The summed E-state index contributed by atoms with van der Waals surface area (Å²) in [5, 5.41) is 4.30. The van der Waals surface area contributed by atoms with Crippen molar-refractivity contribution in [1.29, 1.82) is 0 Å². The number of amides is 1. The lowest BCUT2D eigenvalue weighted by Crippen LogP contribution is -2.39. The Morgan fingerprint density at radius 3 is 2.47 bits per heavy atom. The van der Waals surface area contributed by atoms with E-state index in [1.54, 1.807) is 24.3 Å². The van der Waals surface area contributed by atoms with Crippen LogP contribution in [0.2, 0.25) is 5.02 Å². The number of ether oxygens (including phenoxy) is 2. The monoisotopic (exact) mass is 561 g/mol. The molecule has 0 aliphatic heterocycles. The number of hydrazone groups is 1. The van der Waals surface area contributed by atoms with Gasteiger partial charge in [0.1, 0.15) is 5.82 Å². The van der Waals surface area contributed by atoms with Gasteiger partial charge in [-0.05, 0) is 67.4 Å². The third-order valence-electron chi connectivity index (χ3n) is 5.21. The summed E-state index contributed by atoms with van der Waals surface area (Å²) in [6.07, 6.45) is 2.25. The van der Waals surface area contributed by atoms with E-state index < -0.39 is 28.3 Å². The summed E-state index contributed by atoms with van der Waals surface area (Å²) >= 11 is 5.89. The number of rotatable bonds is 13. The van der Waals surface area contributed by atoms with E-state index in [1.807, 2.05) is 13.8 Å². The highest BCUT2D eigenvalue weighted by molar-refractivity contribution is 7.89. The number of hydrogen-bond acceptors (Lipinski definition) is 6. The molecule has 3 aromatic rings. The number of nitrogens with zero attached hydrogens (tertiary/aromatic N) is 2. The summed E-state index contributed by atoms with van der Waals surface area (Å²) in [6.45, 7) is 3.90. The molecule has 202 valence electrons. The molecule has 8 nitrogen and oxygen atoms in total. The second kappa shape index (κ2) is 13.9. The van der Waals surface area contributed by atoms with E-state index in [0.717, 1.165) is 10.7 Å². The number of hydrogen-bond donors (Lipinski definition) is 1. The van der Waals surface area contributed by atoms with Crippen molar-refractivity contribution in [2.75, 3.05) is 19.8 Å². The minimum atomic E-state index is -4.16. The van der Waals surface area contributed by atoms with Crippen LogP contribution in [0.15, 0.2) is 76.7 Å². The van der Waals surface area contributed by atoms with Gasteiger partial charge in [0.15, 0.2) is 11.5 Å². The number of carbonyl (C=O) groups excluding carboxylic acids is 1. The van der Waals surface area contributed by atoms with Crippen LogP contribution in [0, 0.1) is 5.82 Å². The molecule has 38 heavy (non-hydrogen) atoms. The van der Waals surface area contributed by atoms with Gasteiger partial charge in [0.05, 0.1) is 30.9 Å². The Bertz CT molecular complexity index is 1370. The molecule has 3 aromatic carbocycles. The van der Waals surface area contributed by atoms with Crippen molar-refractivity contribution in [3.05, 3.63) is 88.7 Å². The van der Waals surface area contributed by atoms with Gasteiger partial charge < -0.3 is 9.47 Å². The van der Waals surface area contributed by atoms with Crippen LogP contribution in [0.5, 0.6) is 11.5 Å². The minimum Gasteiger partial charge on any atom is -0.490 e. The number of carbonyl (C=O) groups is 1. The molecule has 0 saturated heterocycles. The highest BCUT2D eigenvalue weighted by atomic mass is 35.5. The molecule has 0 saturated carbocycles. The molecule has 0 aliphatic carbocycles. The molecule has 0 radical (unpaired) electrons. The molecular weight excluding hydrogens is 533 g/mol. The van der Waals surface area contributed by atoms with Crippen LogP contribution >= 0.6 is 11.6 Å². The number of benzene rings is 3. The van der Waals surface area contributed by atoms with Crippen molar-refractivity contribution in [2.24, 2.45) is 5.10 Å². The first-order chi connectivity index (χ1) is 18.2. The summed E-state index contributed by atoms with van der Waals surface area (Å²) in [5.41, 5.74) is 3.09. The van der Waals surface area contributed by atoms with Gasteiger partial charge in [-0.3, -0.25) is 4.79 Å². The summed E-state index contributed by atoms with van der Waals surface area (Å²) < 4.78 is 53.1. The molecule has 0 unspecified atom stereocenters. The van der Waals surface area contributed by atoms with Crippen LogP contribution in [0.3, 0.4) is 0 Å². The molecule has 11 heteroatoms. The van der Waals surface area contributed by atoms with Gasteiger partial charge in [-0.1, -0.05) is 36.7 Å². The predicted molar refractivity (Wildman–Crippen MR) is 145 cm³/mol. The van der Waals surface area contributed by atoms with E-state index in [2.05, 4.69) is 10.5 Å². The molecule has 0 atom stereocenters. The Labute approximate surface area is 227 Å². The lowest BCUT2D eigenvalue weighted by Gasteiger charge is -2.21. The topological polar surface area (TPSA) is 97.3 Å². The Morgan fingerprint density at radius 1 is 1.05 bits per heavy atom. The van der Waals surface area contributed by atoms with Gasteiger partial charge in [0.25, 0.3) is 5.91 Å². The summed E-state index contributed by atoms with van der Waals surface area (Å²) in [7, 11) is -4.16. The van der Waals surface area contributed by atoms with Crippen LogP contribution in [0.1, 0.15) is 31.4 Å². The third-order valence-corrected chi connectivity index (χ3v) is 7.27. The van der Waals surface area contributed by atoms with Gasteiger partial charge in [0, 0.05) is 17.1 Å². The van der Waals surface area contributed by atoms with E-state index in [-0.39, 0.29) is 17.0 Å². The molecule has 1 amide bonds. The Balaban J connectivity index is 1.76. The van der Waals surface area contributed by atoms with Crippen molar-refractivity contribution in [3.63, 3.8) is 0 Å². The molecule has 3 rings (SSSR count). The van der Waals surface area contributed by atoms with Gasteiger partial charge in [0.2, 0.25) is 10.0 Å². The Kier molecular flexibility index (Phi) is 10.6. The highest BCUT2D eigenvalue weighted by Gasteiger charge is 2.27. The largest absolute Gasteiger partial charge is 0.490 e. The lowest BCUT2D eigenvalue weighted by molar-refractivity contribution is -0.121. The van der Waals surface area contributed by atoms with Crippen molar-refractivity contribution < 1.29 is 27.1 Å². The van der Waals surface area contributed by atoms with Gasteiger partial charge >= 0.3 is 0 Å². The Hall–Kier alpha value is -3.47. The van der Waals surface area contributed by atoms with Crippen molar-refractivity contribution in [2.45, 2.75) is 31.7 Å². The zero-order chi connectivity index (χ0) is 27.5. The summed E-state index contributed by atoms with van der Waals surface area (Å²) in [4.78, 5) is 12.6. The molecule has 0 aliphatic rings. The average Bonchev–Trinajstić information content (AvgIpc) is 2.89. The van der Waals surface area contributed by atoms with Crippen LogP contribution in [0.4, 0.5) is 4.39 Å². The summed E-state index contributed by atoms with van der Waals surface area (Å²) in [5.74, 6) is -0.144. The molecule has 0 fully saturated rings. The zero-order valence-electron chi connectivity index (χ0n) is 21.1. The van der Waals surface area contributed by atoms with Crippen molar-refractivity contribution >= 4 is 33.7 Å². The Morgan fingerprint density at radius 2 is 1.79 bits per heavy atom. The number of sulfonamides is 1. The van der Waals surface area contributed by atoms with Gasteiger partial charge in [-0.2, -0.15) is 9.41 Å². The molecule has 0 heterocycles. The average molecular weight is 562 g/mol. The van der Waals surface area contributed by atoms with E-state index in [4.69, 9.17) is 21.1 Å². The van der Waals surface area contributed by atoms with Crippen molar-refractivity contribution in [3.8, 4) is 11.5 Å². The maximum absolute atomic E-state index is 14.3. The van der Waals surface area contributed by atoms with Crippen molar-refractivity contribution in [1.82, 2.24) is 9.73 Å². The van der Waals surface area contributed by atoms with E-state index in [1.165, 1.54) is 48.7 Å². The quantitative estimate of drug-likeness (QED) is 0.234.